The first-order chi connectivity index (χ1) is 19.8. The molecule has 0 aliphatic heterocycles. The van der Waals surface area contributed by atoms with Crippen molar-refractivity contribution >= 4 is 50.7 Å². The molecule has 226 valence electrons. The lowest BCUT2D eigenvalue weighted by atomic mass is 10.1. The Balaban J connectivity index is 2.12. The fourth-order valence-electron chi connectivity index (χ4n) is 4.47. The summed E-state index contributed by atoms with van der Waals surface area (Å²) in [6, 6.07) is 13.5. The summed E-state index contributed by atoms with van der Waals surface area (Å²) in [6.45, 7) is 6.81. The summed E-state index contributed by atoms with van der Waals surface area (Å²) >= 11 is 12.3. The van der Waals surface area contributed by atoms with Crippen molar-refractivity contribution in [2.24, 2.45) is 0 Å². The normalized spacial score (nSPS) is 11.9. The number of halogens is 2. The van der Waals surface area contributed by atoms with Crippen LogP contribution in [0.15, 0.2) is 59.5 Å². The van der Waals surface area contributed by atoms with E-state index in [2.05, 4.69) is 5.32 Å². The van der Waals surface area contributed by atoms with E-state index in [-0.39, 0.29) is 23.1 Å². The molecule has 0 aliphatic carbocycles. The molecule has 0 saturated heterocycles. The van der Waals surface area contributed by atoms with Crippen LogP contribution >= 0.6 is 23.2 Å². The van der Waals surface area contributed by atoms with Crippen LogP contribution in [0, 0.1) is 13.8 Å². The van der Waals surface area contributed by atoms with Crippen molar-refractivity contribution in [2.45, 2.75) is 45.2 Å². The van der Waals surface area contributed by atoms with Gasteiger partial charge in [0.05, 0.1) is 34.8 Å². The van der Waals surface area contributed by atoms with Crippen molar-refractivity contribution in [1.29, 1.82) is 0 Å². The average molecular weight is 637 g/mol. The number of hydrogen-bond acceptors (Lipinski definition) is 6. The molecule has 0 aliphatic rings. The van der Waals surface area contributed by atoms with Crippen molar-refractivity contribution in [3.8, 4) is 11.5 Å². The molecule has 3 aromatic carbocycles. The quantitative estimate of drug-likeness (QED) is 0.287. The molecule has 42 heavy (non-hydrogen) atoms. The zero-order valence-electron chi connectivity index (χ0n) is 24.4. The number of rotatable bonds is 12. The van der Waals surface area contributed by atoms with Crippen LogP contribution in [0.4, 0.5) is 5.69 Å². The number of carbonyl (C=O) groups is 2. The van der Waals surface area contributed by atoms with Crippen molar-refractivity contribution in [3.05, 3.63) is 81.3 Å². The van der Waals surface area contributed by atoms with Gasteiger partial charge >= 0.3 is 0 Å². The van der Waals surface area contributed by atoms with E-state index >= 15 is 0 Å². The SMILES string of the molecule is CCNC(=O)[C@H](C)N(Cc1ccc(Cl)c(Cl)c1)C(=O)CN(c1cc(C)cc(C)c1)S(=O)(=O)c1ccc(OC)c(OC)c1. The summed E-state index contributed by atoms with van der Waals surface area (Å²) in [4.78, 5) is 28.2. The molecule has 3 rings (SSSR count). The molecule has 3 aromatic rings. The third kappa shape index (κ3) is 7.67. The predicted molar refractivity (Wildman–Crippen MR) is 165 cm³/mol. The molecule has 2 amide bonds. The first-order valence-electron chi connectivity index (χ1n) is 13.2. The Bertz CT molecular complexity index is 1540. The van der Waals surface area contributed by atoms with E-state index in [0.717, 1.165) is 15.4 Å². The largest absolute Gasteiger partial charge is 0.493 e. The first kappa shape index (κ1) is 33.0. The number of likely N-dealkylation sites (N-methyl/N-ethyl adjacent to an activating group) is 1. The Hall–Kier alpha value is -3.47. The minimum absolute atomic E-state index is 0.00881. The van der Waals surface area contributed by atoms with E-state index < -0.39 is 28.5 Å². The Labute approximate surface area is 257 Å². The smallest absolute Gasteiger partial charge is 0.264 e. The van der Waals surface area contributed by atoms with Crippen LogP contribution in [0.1, 0.15) is 30.5 Å². The molecule has 0 radical (unpaired) electrons. The highest BCUT2D eigenvalue weighted by atomic mass is 35.5. The molecule has 0 aromatic heterocycles. The van der Waals surface area contributed by atoms with Crippen molar-refractivity contribution in [2.75, 3.05) is 31.6 Å². The lowest BCUT2D eigenvalue weighted by Crippen LogP contribution is -2.51. The summed E-state index contributed by atoms with van der Waals surface area (Å²) in [5.74, 6) is -0.403. The number of aryl methyl sites for hydroxylation is 2. The van der Waals surface area contributed by atoms with Gasteiger partial charge in [-0.25, -0.2) is 8.42 Å². The number of nitrogens with one attached hydrogen (secondary N) is 1. The second-order valence-electron chi connectivity index (χ2n) is 9.72. The topological polar surface area (TPSA) is 105 Å². The number of benzene rings is 3. The minimum Gasteiger partial charge on any atom is -0.493 e. The summed E-state index contributed by atoms with van der Waals surface area (Å²) in [5, 5.41) is 3.37. The summed E-state index contributed by atoms with van der Waals surface area (Å²) in [7, 11) is -1.45. The standard InChI is InChI=1S/C30H35Cl2N3O6S/c1-7-33-30(37)21(4)34(17-22-8-10-25(31)26(32)15-22)29(36)18-35(23-13-19(2)12-20(3)14-23)42(38,39)24-9-11-27(40-5)28(16-24)41-6/h8-16,21H,7,17-18H2,1-6H3,(H,33,37)/t21-/m0/s1. The Morgan fingerprint density at radius 1 is 0.905 bits per heavy atom. The van der Waals surface area contributed by atoms with Crippen molar-refractivity contribution < 1.29 is 27.5 Å². The first-order valence-corrected chi connectivity index (χ1v) is 15.4. The molecule has 9 nitrogen and oxygen atoms in total. The monoisotopic (exact) mass is 635 g/mol. The fraction of sp³-hybridized carbons (Fsp3) is 0.333. The van der Waals surface area contributed by atoms with Gasteiger partial charge in [0.1, 0.15) is 12.6 Å². The molecular formula is C30H35Cl2N3O6S. The maximum atomic E-state index is 14.2. The molecule has 0 spiro atoms. The second kappa shape index (κ2) is 14.1. The third-order valence-electron chi connectivity index (χ3n) is 6.57. The van der Waals surface area contributed by atoms with Crippen LogP contribution in [0.25, 0.3) is 0 Å². The number of sulfonamides is 1. The van der Waals surface area contributed by atoms with Gasteiger partial charge in [-0.05, 0) is 80.8 Å². The number of carbonyl (C=O) groups excluding carboxylic acids is 2. The highest BCUT2D eigenvalue weighted by Crippen LogP contribution is 2.33. The lowest BCUT2D eigenvalue weighted by molar-refractivity contribution is -0.139. The number of anilines is 1. The highest BCUT2D eigenvalue weighted by molar-refractivity contribution is 7.92. The molecule has 1 N–H and O–H groups in total. The van der Waals surface area contributed by atoms with Gasteiger partial charge in [0.2, 0.25) is 11.8 Å². The van der Waals surface area contributed by atoms with Gasteiger partial charge in [-0.2, -0.15) is 0 Å². The van der Waals surface area contributed by atoms with E-state index in [0.29, 0.717) is 33.6 Å². The average Bonchev–Trinajstić information content (AvgIpc) is 2.94. The fourth-order valence-corrected chi connectivity index (χ4v) is 6.20. The molecule has 0 saturated carbocycles. The predicted octanol–water partition coefficient (Wildman–Crippen LogP) is 5.38. The van der Waals surface area contributed by atoms with Crippen LogP contribution in [-0.2, 0) is 26.2 Å². The third-order valence-corrected chi connectivity index (χ3v) is 9.08. The Morgan fingerprint density at radius 2 is 1.55 bits per heavy atom. The van der Waals surface area contributed by atoms with E-state index in [4.69, 9.17) is 32.7 Å². The minimum atomic E-state index is -4.30. The molecule has 0 fully saturated rings. The summed E-state index contributed by atoms with van der Waals surface area (Å²) in [6.07, 6.45) is 0. The number of nitrogens with zero attached hydrogens (tertiary/aromatic N) is 2. The van der Waals surface area contributed by atoms with Gasteiger partial charge < -0.3 is 19.7 Å². The van der Waals surface area contributed by atoms with Gasteiger partial charge in [-0.3, -0.25) is 13.9 Å². The van der Waals surface area contributed by atoms with E-state index in [1.807, 2.05) is 19.9 Å². The molecule has 12 heteroatoms. The number of methoxy groups -OCH3 is 2. The van der Waals surface area contributed by atoms with Crippen LogP contribution in [0.2, 0.25) is 10.0 Å². The highest BCUT2D eigenvalue weighted by Gasteiger charge is 2.33. The van der Waals surface area contributed by atoms with Crippen LogP contribution in [0.3, 0.4) is 0 Å². The van der Waals surface area contributed by atoms with E-state index in [9.17, 15) is 18.0 Å². The van der Waals surface area contributed by atoms with E-state index in [1.165, 1.54) is 37.3 Å². The van der Waals surface area contributed by atoms with Gasteiger partial charge in [0.25, 0.3) is 10.0 Å². The van der Waals surface area contributed by atoms with Crippen molar-refractivity contribution in [1.82, 2.24) is 10.2 Å². The molecule has 0 bridgehead atoms. The summed E-state index contributed by atoms with van der Waals surface area (Å²) < 4.78 is 40.0. The Kier molecular flexibility index (Phi) is 11.1. The Morgan fingerprint density at radius 3 is 2.12 bits per heavy atom. The summed E-state index contributed by atoms with van der Waals surface area (Å²) in [5.41, 5.74) is 2.55. The second-order valence-corrected chi connectivity index (χ2v) is 12.4. The van der Waals surface area contributed by atoms with Gasteiger partial charge in [-0.1, -0.05) is 35.3 Å². The van der Waals surface area contributed by atoms with E-state index in [1.54, 1.807) is 44.2 Å². The zero-order chi connectivity index (χ0) is 31.2. The zero-order valence-corrected chi connectivity index (χ0v) is 26.7. The molecule has 0 unspecified atom stereocenters. The molecule has 1 atom stereocenters. The van der Waals surface area contributed by atoms with Crippen molar-refractivity contribution in [3.63, 3.8) is 0 Å². The lowest BCUT2D eigenvalue weighted by Gasteiger charge is -2.32. The van der Waals surface area contributed by atoms with Gasteiger partial charge in [0, 0.05) is 19.2 Å². The van der Waals surface area contributed by atoms with Crippen LogP contribution in [-0.4, -0.2) is 58.5 Å². The maximum Gasteiger partial charge on any atom is 0.264 e. The van der Waals surface area contributed by atoms with Gasteiger partial charge in [0.15, 0.2) is 11.5 Å². The maximum absolute atomic E-state index is 14.2. The molecule has 0 heterocycles. The van der Waals surface area contributed by atoms with Gasteiger partial charge in [-0.15, -0.1) is 0 Å². The number of hydrogen-bond donors (Lipinski definition) is 1. The number of ether oxygens (including phenoxy) is 2. The molecular weight excluding hydrogens is 601 g/mol. The van der Waals surface area contributed by atoms with Crippen LogP contribution < -0.4 is 19.1 Å². The number of amides is 2. The van der Waals surface area contributed by atoms with Crippen LogP contribution in [0.5, 0.6) is 11.5 Å².